The summed E-state index contributed by atoms with van der Waals surface area (Å²) in [6.07, 6.45) is 5.32. The molecule has 3 nitrogen and oxygen atoms in total. The maximum Gasteiger partial charge on any atom is 0.310 e. The molecule has 0 unspecified atom stereocenters. The third-order valence-electron chi connectivity index (χ3n) is 4.63. The van der Waals surface area contributed by atoms with Crippen LogP contribution < -0.4 is 10.4 Å². The van der Waals surface area contributed by atoms with Crippen LogP contribution in [-0.4, -0.2) is 4.57 Å². The molecule has 0 amide bonds. The van der Waals surface area contributed by atoms with Crippen molar-refractivity contribution in [2.24, 2.45) is 0 Å². The van der Waals surface area contributed by atoms with Crippen molar-refractivity contribution < 1.29 is 0 Å². The minimum Gasteiger partial charge on any atom is -0.269 e. The molecule has 2 aromatic carbocycles. The molecule has 1 aromatic heterocycles. The van der Waals surface area contributed by atoms with Crippen molar-refractivity contribution in [3.05, 3.63) is 56.4 Å². The fourth-order valence-electron chi connectivity index (χ4n) is 3.48. The van der Waals surface area contributed by atoms with Crippen LogP contribution in [0.5, 0.6) is 0 Å². The molecule has 1 aliphatic carbocycles. The Balaban J connectivity index is 2.00. The molecule has 0 bridgehead atoms. The summed E-state index contributed by atoms with van der Waals surface area (Å²) in [4.78, 5) is 25.2. The lowest BCUT2D eigenvalue weighted by molar-refractivity contribution is 0.344. The molecule has 0 saturated heterocycles. The van der Waals surface area contributed by atoms with Crippen LogP contribution in [0.3, 0.4) is 0 Å². The van der Waals surface area contributed by atoms with E-state index in [0.717, 1.165) is 41.2 Å². The number of hydrogen-bond acceptors (Lipinski definition) is 3. The van der Waals surface area contributed by atoms with Crippen LogP contribution in [0, 0.1) is 0 Å². The van der Waals surface area contributed by atoms with Crippen molar-refractivity contribution in [3.8, 4) is 0 Å². The molecule has 1 aliphatic rings. The number of aromatic nitrogens is 1. The predicted octanol–water partition coefficient (Wildman–Crippen LogP) is 4.08. The number of fused-ring (bicyclic) bond motifs is 2. The van der Waals surface area contributed by atoms with Crippen LogP contribution in [0.15, 0.2) is 46.0 Å². The van der Waals surface area contributed by atoms with Crippen LogP contribution in [0.25, 0.3) is 20.9 Å². The third kappa shape index (κ3) is 2.18. The van der Waals surface area contributed by atoms with Gasteiger partial charge in [0, 0.05) is 10.7 Å². The Morgan fingerprint density at radius 1 is 0.955 bits per heavy atom. The van der Waals surface area contributed by atoms with Crippen molar-refractivity contribution in [2.75, 3.05) is 0 Å². The number of benzene rings is 2. The fourth-order valence-corrected chi connectivity index (χ4v) is 4.44. The van der Waals surface area contributed by atoms with Gasteiger partial charge in [-0.15, -0.1) is 0 Å². The van der Waals surface area contributed by atoms with E-state index in [1.54, 1.807) is 0 Å². The van der Waals surface area contributed by atoms with E-state index in [-0.39, 0.29) is 16.5 Å². The van der Waals surface area contributed by atoms with E-state index in [9.17, 15) is 9.59 Å². The van der Waals surface area contributed by atoms with Crippen molar-refractivity contribution in [1.82, 2.24) is 4.57 Å². The minimum atomic E-state index is -0.114. The van der Waals surface area contributed by atoms with Crippen LogP contribution in [0.4, 0.5) is 0 Å². The third-order valence-corrected chi connectivity index (χ3v) is 5.56. The van der Waals surface area contributed by atoms with Crippen LogP contribution >= 0.6 is 11.3 Å². The summed E-state index contributed by atoms with van der Waals surface area (Å²) in [5.74, 6) is 0. The van der Waals surface area contributed by atoms with Crippen molar-refractivity contribution >= 4 is 32.2 Å². The van der Waals surface area contributed by atoms with Gasteiger partial charge in [0.05, 0.1) is 5.39 Å². The predicted molar refractivity (Wildman–Crippen MR) is 92.0 cm³/mol. The van der Waals surface area contributed by atoms with Gasteiger partial charge in [-0.1, -0.05) is 54.9 Å². The van der Waals surface area contributed by atoms with E-state index in [2.05, 4.69) is 0 Å². The van der Waals surface area contributed by atoms with Crippen molar-refractivity contribution in [2.45, 2.75) is 38.1 Å². The van der Waals surface area contributed by atoms with Gasteiger partial charge in [-0.25, -0.2) is 0 Å². The first-order valence-electron chi connectivity index (χ1n) is 7.82. The second-order valence-corrected chi connectivity index (χ2v) is 7.02. The molecule has 0 spiro atoms. The van der Waals surface area contributed by atoms with E-state index in [0.29, 0.717) is 5.39 Å². The van der Waals surface area contributed by atoms with Gasteiger partial charge in [-0.2, -0.15) is 0 Å². The van der Waals surface area contributed by atoms with Crippen molar-refractivity contribution in [3.63, 3.8) is 0 Å². The second kappa shape index (κ2) is 5.36. The summed E-state index contributed by atoms with van der Waals surface area (Å²) in [6, 6.07) is 11.9. The van der Waals surface area contributed by atoms with Gasteiger partial charge in [-0.3, -0.25) is 14.2 Å². The maximum absolute atomic E-state index is 12.9. The lowest BCUT2D eigenvalue weighted by Crippen LogP contribution is -2.35. The first-order chi connectivity index (χ1) is 10.7. The zero-order chi connectivity index (χ0) is 15.1. The van der Waals surface area contributed by atoms with Crippen molar-refractivity contribution in [1.29, 1.82) is 0 Å². The number of hydrogen-bond donors (Lipinski definition) is 0. The van der Waals surface area contributed by atoms with Gasteiger partial charge in [0.15, 0.2) is 0 Å². The van der Waals surface area contributed by atoms with E-state index in [4.69, 9.17) is 0 Å². The first kappa shape index (κ1) is 13.7. The molecule has 4 rings (SSSR count). The summed E-state index contributed by atoms with van der Waals surface area (Å²) in [6.45, 7) is 0. The largest absolute Gasteiger partial charge is 0.310 e. The lowest BCUT2D eigenvalue weighted by atomic mass is 9.95. The maximum atomic E-state index is 12.9. The molecular formula is C18H17NO2S. The Labute approximate surface area is 131 Å². The first-order valence-corrected chi connectivity index (χ1v) is 8.64. The van der Waals surface area contributed by atoms with E-state index >= 15 is 0 Å². The van der Waals surface area contributed by atoms with Gasteiger partial charge in [0.1, 0.15) is 0 Å². The summed E-state index contributed by atoms with van der Waals surface area (Å²) < 4.78 is 2.31. The summed E-state index contributed by atoms with van der Waals surface area (Å²) in [5.41, 5.74) is -0.114. The van der Waals surface area contributed by atoms with Gasteiger partial charge in [-0.05, 0) is 35.7 Å². The number of rotatable bonds is 1. The molecule has 3 aromatic rings. The topological polar surface area (TPSA) is 39.1 Å². The van der Waals surface area contributed by atoms with Gasteiger partial charge in [0.2, 0.25) is 0 Å². The molecule has 1 fully saturated rings. The SMILES string of the molecule is O=c1sc2cc3ccccc3cc2c(=O)n1C1CCCCC1. The Bertz CT molecular complexity index is 964. The lowest BCUT2D eigenvalue weighted by Gasteiger charge is -2.23. The molecule has 0 radical (unpaired) electrons. The molecule has 22 heavy (non-hydrogen) atoms. The smallest absolute Gasteiger partial charge is 0.269 e. The Hall–Kier alpha value is -1.94. The van der Waals surface area contributed by atoms with Crippen LogP contribution in [-0.2, 0) is 0 Å². The van der Waals surface area contributed by atoms with Crippen LogP contribution in [0.1, 0.15) is 38.1 Å². The highest BCUT2D eigenvalue weighted by atomic mass is 32.1. The Kier molecular flexibility index (Phi) is 3.34. The van der Waals surface area contributed by atoms with Crippen LogP contribution in [0.2, 0.25) is 0 Å². The Morgan fingerprint density at radius 2 is 1.64 bits per heavy atom. The van der Waals surface area contributed by atoms with E-state index in [1.165, 1.54) is 22.3 Å². The highest BCUT2D eigenvalue weighted by Gasteiger charge is 2.20. The van der Waals surface area contributed by atoms with Gasteiger partial charge >= 0.3 is 4.87 Å². The van der Waals surface area contributed by atoms with E-state index < -0.39 is 0 Å². The zero-order valence-corrected chi connectivity index (χ0v) is 13.1. The molecule has 4 heteroatoms. The quantitative estimate of drug-likeness (QED) is 0.635. The molecule has 0 aliphatic heterocycles. The molecule has 112 valence electrons. The Morgan fingerprint density at radius 3 is 2.36 bits per heavy atom. The molecule has 1 saturated carbocycles. The zero-order valence-electron chi connectivity index (χ0n) is 12.2. The highest BCUT2D eigenvalue weighted by molar-refractivity contribution is 7.16. The van der Waals surface area contributed by atoms with Gasteiger partial charge < -0.3 is 0 Å². The second-order valence-electron chi connectivity index (χ2n) is 6.03. The molecule has 1 heterocycles. The fraction of sp³-hybridized carbons (Fsp3) is 0.333. The molecule has 0 atom stereocenters. The minimum absolute atomic E-state index is 0.0841. The average molecular weight is 311 g/mol. The van der Waals surface area contributed by atoms with Gasteiger partial charge in [0.25, 0.3) is 5.56 Å². The standard InChI is InChI=1S/C18H17NO2S/c20-17-15-10-12-6-4-5-7-13(12)11-16(15)22-18(21)19(17)14-8-2-1-3-9-14/h4-7,10-11,14H,1-3,8-9H2. The molecule has 0 N–H and O–H groups in total. The monoisotopic (exact) mass is 311 g/mol. The highest BCUT2D eigenvalue weighted by Crippen LogP contribution is 2.27. The summed E-state index contributed by atoms with van der Waals surface area (Å²) in [7, 11) is 0. The normalized spacial score (nSPS) is 16.4. The molecular weight excluding hydrogens is 294 g/mol. The summed E-state index contributed by atoms with van der Waals surface area (Å²) >= 11 is 1.20. The summed E-state index contributed by atoms with van der Waals surface area (Å²) in [5, 5.41) is 2.79. The number of nitrogens with zero attached hydrogens (tertiary/aromatic N) is 1. The van der Waals surface area contributed by atoms with E-state index in [1.807, 2.05) is 36.4 Å². The average Bonchev–Trinajstić information content (AvgIpc) is 2.54.